The predicted octanol–water partition coefficient (Wildman–Crippen LogP) is 7.50. The van der Waals surface area contributed by atoms with Gasteiger partial charge in [0.25, 0.3) is 0 Å². The second-order valence-corrected chi connectivity index (χ2v) is 11.6. The molecule has 0 bridgehead atoms. The van der Waals surface area contributed by atoms with Crippen LogP contribution >= 0.6 is 0 Å². The zero-order valence-corrected chi connectivity index (χ0v) is 21.7. The number of hydrogen-bond donors (Lipinski definition) is 1. The van der Waals surface area contributed by atoms with Crippen molar-refractivity contribution in [2.45, 2.75) is 71.6 Å². The van der Waals surface area contributed by atoms with Crippen molar-refractivity contribution in [2.75, 3.05) is 6.61 Å². The first-order valence-electron chi connectivity index (χ1n) is 12.1. The van der Waals surface area contributed by atoms with Crippen LogP contribution in [0.3, 0.4) is 0 Å². The summed E-state index contributed by atoms with van der Waals surface area (Å²) in [5, 5.41) is 10.5. The van der Waals surface area contributed by atoms with Crippen molar-refractivity contribution >= 4 is 5.97 Å². The summed E-state index contributed by atoms with van der Waals surface area (Å²) < 4.78 is 5.23. The summed E-state index contributed by atoms with van der Waals surface area (Å²) in [6.07, 6.45) is 0. The molecule has 4 rings (SSSR count). The number of phenolic OH excluding ortho intramolecular Hbond substituents is 1. The SMILES string of the molecule is CCOC(=O)c1cc(C2(C)c3cc(C(C)(C)C)ccc3-c3ccc(C(C)(C)C)cc32)ccc1O. The van der Waals surface area contributed by atoms with Gasteiger partial charge in [0.2, 0.25) is 0 Å². The quantitative estimate of drug-likeness (QED) is 0.415. The summed E-state index contributed by atoms with van der Waals surface area (Å²) in [5.41, 5.74) is 8.12. The lowest BCUT2D eigenvalue weighted by atomic mass is 9.71. The molecule has 34 heavy (non-hydrogen) atoms. The maximum atomic E-state index is 12.6. The Morgan fingerprint density at radius 1 is 0.824 bits per heavy atom. The lowest BCUT2D eigenvalue weighted by Gasteiger charge is -2.31. The highest BCUT2D eigenvalue weighted by atomic mass is 16.5. The number of carbonyl (C=O) groups excluding carboxylic acids is 1. The van der Waals surface area contributed by atoms with E-state index in [-0.39, 0.29) is 28.7 Å². The molecule has 178 valence electrons. The second-order valence-electron chi connectivity index (χ2n) is 11.6. The maximum absolute atomic E-state index is 12.6. The van der Waals surface area contributed by atoms with Crippen LogP contribution in [0.25, 0.3) is 11.1 Å². The Morgan fingerprint density at radius 2 is 1.32 bits per heavy atom. The second kappa shape index (κ2) is 8.01. The number of benzene rings is 3. The molecule has 1 aliphatic carbocycles. The van der Waals surface area contributed by atoms with E-state index in [4.69, 9.17) is 4.74 Å². The average Bonchev–Trinajstić information content (AvgIpc) is 3.02. The smallest absolute Gasteiger partial charge is 0.341 e. The molecule has 1 N–H and O–H groups in total. The van der Waals surface area contributed by atoms with Gasteiger partial charge in [0, 0.05) is 5.41 Å². The Morgan fingerprint density at radius 3 is 1.76 bits per heavy atom. The standard InChI is InChI=1S/C31H36O3/c1-9-34-28(33)24-16-21(12-15-27(24)32)31(8)25-17-19(29(2,3)4)10-13-22(25)23-14-11-20(18-26(23)31)30(5,6)7/h10-18,32H,9H2,1-8H3. The van der Waals surface area contributed by atoms with Crippen LogP contribution in [0.2, 0.25) is 0 Å². The van der Waals surface area contributed by atoms with Gasteiger partial charge in [-0.2, -0.15) is 0 Å². The van der Waals surface area contributed by atoms with E-state index in [2.05, 4.69) is 84.9 Å². The third-order valence-electron chi connectivity index (χ3n) is 7.21. The summed E-state index contributed by atoms with van der Waals surface area (Å²) >= 11 is 0. The Balaban J connectivity index is 2.03. The first-order valence-corrected chi connectivity index (χ1v) is 12.1. The van der Waals surface area contributed by atoms with Crippen LogP contribution in [0.15, 0.2) is 54.6 Å². The first kappa shape index (κ1) is 24.1. The molecule has 0 atom stereocenters. The van der Waals surface area contributed by atoms with Crippen molar-refractivity contribution in [2.24, 2.45) is 0 Å². The van der Waals surface area contributed by atoms with Gasteiger partial charge in [-0.25, -0.2) is 4.79 Å². The third-order valence-corrected chi connectivity index (χ3v) is 7.21. The number of esters is 1. The molecule has 0 spiro atoms. The van der Waals surface area contributed by atoms with Gasteiger partial charge in [-0.15, -0.1) is 0 Å². The summed E-state index contributed by atoms with van der Waals surface area (Å²) in [4.78, 5) is 12.6. The maximum Gasteiger partial charge on any atom is 0.341 e. The minimum Gasteiger partial charge on any atom is -0.507 e. The fourth-order valence-electron chi connectivity index (χ4n) is 4.99. The minimum absolute atomic E-state index is 0.00628. The van der Waals surface area contributed by atoms with Gasteiger partial charge in [0.15, 0.2) is 0 Å². The van der Waals surface area contributed by atoms with E-state index in [1.165, 1.54) is 33.4 Å². The zero-order chi connectivity index (χ0) is 25.1. The van der Waals surface area contributed by atoms with E-state index in [0.717, 1.165) is 5.56 Å². The molecule has 3 nitrogen and oxygen atoms in total. The van der Waals surface area contributed by atoms with E-state index in [0.29, 0.717) is 0 Å². The molecule has 0 saturated heterocycles. The molecule has 0 fully saturated rings. The molecule has 0 aliphatic heterocycles. The van der Waals surface area contributed by atoms with Gasteiger partial charge in [-0.05, 0) is 75.8 Å². The monoisotopic (exact) mass is 456 g/mol. The largest absolute Gasteiger partial charge is 0.507 e. The van der Waals surface area contributed by atoms with Crippen molar-refractivity contribution in [3.8, 4) is 16.9 Å². The van der Waals surface area contributed by atoms with Crippen LogP contribution in [-0.2, 0) is 21.0 Å². The summed E-state index contributed by atoms with van der Waals surface area (Å²) in [6, 6.07) is 18.9. The molecule has 0 saturated carbocycles. The van der Waals surface area contributed by atoms with Gasteiger partial charge < -0.3 is 9.84 Å². The number of ether oxygens (including phenoxy) is 1. The summed E-state index contributed by atoms with van der Waals surface area (Å²) in [7, 11) is 0. The number of phenols is 1. The number of fused-ring (bicyclic) bond motifs is 3. The van der Waals surface area contributed by atoms with Crippen molar-refractivity contribution in [3.63, 3.8) is 0 Å². The first-order chi connectivity index (χ1) is 15.8. The lowest BCUT2D eigenvalue weighted by molar-refractivity contribution is 0.0523. The van der Waals surface area contributed by atoms with Crippen LogP contribution in [0.1, 0.15) is 93.6 Å². The van der Waals surface area contributed by atoms with Gasteiger partial charge in [0.05, 0.1) is 6.61 Å². The molecule has 0 amide bonds. The number of hydrogen-bond acceptors (Lipinski definition) is 3. The molecule has 0 unspecified atom stereocenters. The molecule has 3 aromatic rings. The number of rotatable bonds is 3. The van der Waals surface area contributed by atoms with E-state index >= 15 is 0 Å². The molecule has 0 radical (unpaired) electrons. The van der Waals surface area contributed by atoms with Gasteiger partial charge in [-0.3, -0.25) is 0 Å². The molecule has 0 heterocycles. The van der Waals surface area contributed by atoms with Crippen LogP contribution in [0.5, 0.6) is 5.75 Å². The Bertz CT molecular complexity index is 1210. The summed E-state index contributed by atoms with van der Waals surface area (Å²) in [6.45, 7) is 17.6. The van der Waals surface area contributed by atoms with Gasteiger partial charge in [0.1, 0.15) is 11.3 Å². The van der Waals surface area contributed by atoms with Crippen LogP contribution < -0.4 is 0 Å². The Kier molecular flexibility index (Phi) is 5.67. The Labute approximate surface area is 203 Å². The highest BCUT2D eigenvalue weighted by Crippen LogP contribution is 2.54. The van der Waals surface area contributed by atoms with E-state index < -0.39 is 11.4 Å². The molecule has 3 heteroatoms. The lowest BCUT2D eigenvalue weighted by Crippen LogP contribution is -2.25. The number of carbonyl (C=O) groups is 1. The van der Waals surface area contributed by atoms with Crippen molar-refractivity contribution in [3.05, 3.63) is 88.0 Å². The topological polar surface area (TPSA) is 46.5 Å². The number of aromatic hydroxyl groups is 1. The highest BCUT2D eigenvalue weighted by Gasteiger charge is 2.42. The predicted molar refractivity (Wildman–Crippen MR) is 139 cm³/mol. The van der Waals surface area contributed by atoms with Gasteiger partial charge in [-0.1, -0.05) is 84.0 Å². The molecular formula is C31H36O3. The van der Waals surface area contributed by atoms with Crippen molar-refractivity contribution < 1.29 is 14.6 Å². The fourth-order valence-corrected chi connectivity index (χ4v) is 4.99. The van der Waals surface area contributed by atoms with Crippen molar-refractivity contribution in [1.29, 1.82) is 0 Å². The van der Waals surface area contributed by atoms with E-state index in [1.807, 2.05) is 6.07 Å². The zero-order valence-electron chi connectivity index (χ0n) is 21.7. The van der Waals surface area contributed by atoms with Crippen molar-refractivity contribution in [1.82, 2.24) is 0 Å². The van der Waals surface area contributed by atoms with Crippen LogP contribution in [0.4, 0.5) is 0 Å². The molecule has 3 aromatic carbocycles. The molecular weight excluding hydrogens is 420 g/mol. The van der Waals surface area contributed by atoms with E-state index in [1.54, 1.807) is 19.1 Å². The highest BCUT2D eigenvalue weighted by molar-refractivity contribution is 5.93. The van der Waals surface area contributed by atoms with Crippen LogP contribution in [0, 0.1) is 0 Å². The minimum atomic E-state index is -0.504. The fraction of sp³-hybridized carbons (Fsp3) is 0.387. The normalized spacial score (nSPS) is 14.5. The Hall–Kier alpha value is -3.07. The van der Waals surface area contributed by atoms with Crippen LogP contribution in [-0.4, -0.2) is 17.7 Å². The third kappa shape index (κ3) is 3.81. The molecule has 0 aromatic heterocycles. The molecule has 1 aliphatic rings. The van der Waals surface area contributed by atoms with Gasteiger partial charge >= 0.3 is 5.97 Å². The summed E-state index contributed by atoms with van der Waals surface area (Å²) in [5.74, 6) is -0.563. The average molecular weight is 457 g/mol. The van der Waals surface area contributed by atoms with E-state index in [9.17, 15) is 9.90 Å².